The zero-order valence-corrected chi connectivity index (χ0v) is 11.2. The number of rotatable bonds is 6. The van der Waals surface area contributed by atoms with Crippen LogP contribution in [0.4, 0.5) is 4.39 Å². The molecule has 2 N–H and O–H groups in total. The van der Waals surface area contributed by atoms with Crippen molar-refractivity contribution >= 4 is 0 Å². The Morgan fingerprint density at radius 1 is 1.24 bits per heavy atom. The maximum Gasteiger partial charge on any atom is 0.126 e. The predicted molar refractivity (Wildman–Crippen MR) is 71.4 cm³/mol. The van der Waals surface area contributed by atoms with Gasteiger partial charge in [-0.05, 0) is 37.5 Å². The van der Waals surface area contributed by atoms with E-state index in [2.05, 4.69) is 6.92 Å². The van der Waals surface area contributed by atoms with E-state index in [9.17, 15) is 4.39 Å². The van der Waals surface area contributed by atoms with Gasteiger partial charge in [0.15, 0.2) is 0 Å². The van der Waals surface area contributed by atoms with Crippen molar-refractivity contribution in [3.8, 4) is 0 Å². The largest absolute Gasteiger partial charge is 0.322 e. The minimum atomic E-state index is -0.414. The van der Waals surface area contributed by atoms with Gasteiger partial charge in [-0.1, -0.05) is 44.7 Å². The van der Waals surface area contributed by atoms with Crippen molar-refractivity contribution < 1.29 is 4.39 Å². The van der Waals surface area contributed by atoms with Crippen LogP contribution in [0.15, 0.2) is 18.2 Å². The molecule has 0 heterocycles. The van der Waals surface area contributed by atoms with E-state index >= 15 is 0 Å². The molecule has 0 bridgehead atoms. The van der Waals surface area contributed by atoms with Gasteiger partial charge < -0.3 is 5.73 Å². The molecule has 0 aliphatic carbocycles. The molecule has 1 aromatic rings. The first-order chi connectivity index (χ1) is 7.97. The van der Waals surface area contributed by atoms with Crippen molar-refractivity contribution in [2.24, 2.45) is 5.73 Å². The molecule has 0 saturated carbocycles. The van der Waals surface area contributed by atoms with E-state index < -0.39 is 5.54 Å². The number of aryl methyl sites for hydroxylation is 1. The number of nitrogens with two attached hydrogens (primary N) is 1. The summed E-state index contributed by atoms with van der Waals surface area (Å²) in [4.78, 5) is 0. The average Bonchev–Trinajstić information content (AvgIpc) is 2.28. The van der Waals surface area contributed by atoms with Crippen LogP contribution in [-0.4, -0.2) is 0 Å². The van der Waals surface area contributed by atoms with E-state index in [1.807, 2.05) is 19.1 Å². The Morgan fingerprint density at radius 3 is 2.53 bits per heavy atom. The summed E-state index contributed by atoms with van der Waals surface area (Å²) in [6.07, 6.45) is 5.70. The number of hydrogen-bond donors (Lipinski definition) is 1. The second-order valence-corrected chi connectivity index (χ2v) is 5.19. The smallest absolute Gasteiger partial charge is 0.126 e. The van der Waals surface area contributed by atoms with Gasteiger partial charge in [0.25, 0.3) is 0 Å². The summed E-state index contributed by atoms with van der Waals surface area (Å²) in [6, 6.07) is 5.33. The van der Waals surface area contributed by atoms with Gasteiger partial charge in [-0.15, -0.1) is 0 Å². The van der Waals surface area contributed by atoms with E-state index in [0.29, 0.717) is 5.56 Å². The molecule has 17 heavy (non-hydrogen) atoms. The summed E-state index contributed by atoms with van der Waals surface area (Å²) < 4.78 is 13.5. The summed E-state index contributed by atoms with van der Waals surface area (Å²) in [5.74, 6) is -0.160. The minimum Gasteiger partial charge on any atom is -0.322 e. The van der Waals surface area contributed by atoms with E-state index in [0.717, 1.165) is 18.4 Å². The third kappa shape index (κ3) is 4.12. The Hall–Kier alpha value is -0.890. The standard InChI is InChI=1S/C15H24FN/c1-4-5-6-7-10-15(3,17)13-9-8-12(2)14(16)11-13/h8-9,11H,4-7,10,17H2,1-3H3. The zero-order valence-electron chi connectivity index (χ0n) is 11.2. The molecular weight excluding hydrogens is 213 g/mol. The van der Waals surface area contributed by atoms with Crippen LogP contribution in [0, 0.1) is 12.7 Å². The highest BCUT2D eigenvalue weighted by atomic mass is 19.1. The van der Waals surface area contributed by atoms with Crippen LogP contribution in [0.25, 0.3) is 0 Å². The summed E-state index contributed by atoms with van der Waals surface area (Å²) in [7, 11) is 0. The Bertz CT molecular complexity index is 358. The summed E-state index contributed by atoms with van der Waals surface area (Å²) >= 11 is 0. The van der Waals surface area contributed by atoms with Gasteiger partial charge in [-0.25, -0.2) is 4.39 Å². The molecule has 0 saturated heterocycles. The monoisotopic (exact) mass is 237 g/mol. The van der Waals surface area contributed by atoms with Gasteiger partial charge >= 0.3 is 0 Å². The molecule has 1 aromatic carbocycles. The third-order valence-electron chi connectivity index (χ3n) is 3.38. The van der Waals surface area contributed by atoms with Crippen LogP contribution in [0.2, 0.25) is 0 Å². The SMILES string of the molecule is CCCCCCC(C)(N)c1ccc(C)c(F)c1. The van der Waals surface area contributed by atoms with Crippen LogP contribution in [0.3, 0.4) is 0 Å². The average molecular weight is 237 g/mol. The van der Waals surface area contributed by atoms with Crippen molar-refractivity contribution in [3.05, 3.63) is 35.1 Å². The van der Waals surface area contributed by atoms with Crippen LogP contribution < -0.4 is 5.73 Å². The third-order valence-corrected chi connectivity index (χ3v) is 3.38. The second kappa shape index (κ2) is 6.15. The molecule has 96 valence electrons. The van der Waals surface area contributed by atoms with Crippen LogP contribution in [0.1, 0.15) is 57.1 Å². The molecule has 0 radical (unpaired) electrons. The van der Waals surface area contributed by atoms with Crippen molar-refractivity contribution in [2.75, 3.05) is 0 Å². The van der Waals surface area contributed by atoms with Crippen LogP contribution >= 0.6 is 0 Å². The molecular formula is C15H24FN. The van der Waals surface area contributed by atoms with Gasteiger partial charge in [0.2, 0.25) is 0 Å². The molecule has 0 aromatic heterocycles. The molecule has 0 aliphatic rings. The van der Waals surface area contributed by atoms with Gasteiger partial charge in [-0.3, -0.25) is 0 Å². The maximum atomic E-state index is 13.5. The first-order valence-corrected chi connectivity index (χ1v) is 6.53. The van der Waals surface area contributed by atoms with Crippen molar-refractivity contribution in [1.82, 2.24) is 0 Å². The molecule has 0 spiro atoms. The van der Waals surface area contributed by atoms with E-state index in [4.69, 9.17) is 5.73 Å². The Labute approximate surface area is 104 Å². The van der Waals surface area contributed by atoms with Gasteiger partial charge in [-0.2, -0.15) is 0 Å². The lowest BCUT2D eigenvalue weighted by Crippen LogP contribution is -2.33. The molecule has 2 heteroatoms. The molecule has 1 nitrogen and oxygen atoms in total. The van der Waals surface area contributed by atoms with Crippen molar-refractivity contribution in [1.29, 1.82) is 0 Å². The highest BCUT2D eigenvalue weighted by molar-refractivity contribution is 5.28. The van der Waals surface area contributed by atoms with Gasteiger partial charge in [0, 0.05) is 5.54 Å². The lowest BCUT2D eigenvalue weighted by atomic mass is 9.87. The first kappa shape index (κ1) is 14.2. The van der Waals surface area contributed by atoms with E-state index in [1.54, 1.807) is 13.0 Å². The summed E-state index contributed by atoms with van der Waals surface area (Å²) in [5.41, 5.74) is 7.43. The van der Waals surface area contributed by atoms with E-state index in [-0.39, 0.29) is 5.82 Å². The Morgan fingerprint density at radius 2 is 1.94 bits per heavy atom. The van der Waals surface area contributed by atoms with Crippen molar-refractivity contribution in [2.45, 2.75) is 58.4 Å². The zero-order chi connectivity index (χ0) is 12.9. The highest BCUT2D eigenvalue weighted by Gasteiger charge is 2.21. The normalized spacial score (nSPS) is 14.6. The van der Waals surface area contributed by atoms with Crippen LogP contribution in [-0.2, 0) is 5.54 Å². The van der Waals surface area contributed by atoms with E-state index in [1.165, 1.54) is 19.3 Å². The van der Waals surface area contributed by atoms with Gasteiger partial charge in [0.05, 0.1) is 0 Å². The molecule has 0 aliphatic heterocycles. The highest BCUT2D eigenvalue weighted by Crippen LogP contribution is 2.25. The summed E-state index contributed by atoms with van der Waals surface area (Å²) in [5, 5.41) is 0. The van der Waals surface area contributed by atoms with Crippen molar-refractivity contribution in [3.63, 3.8) is 0 Å². The second-order valence-electron chi connectivity index (χ2n) is 5.19. The molecule has 0 amide bonds. The lowest BCUT2D eigenvalue weighted by molar-refractivity contribution is 0.421. The fraction of sp³-hybridized carbons (Fsp3) is 0.600. The number of benzene rings is 1. The minimum absolute atomic E-state index is 0.160. The fourth-order valence-electron chi connectivity index (χ4n) is 2.01. The molecule has 1 atom stereocenters. The Balaban J connectivity index is 2.64. The maximum absolute atomic E-state index is 13.5. The predicted octanol–water partition coefficient (Wildman–Crippen LogP) is 4.28. The molecule has 0 fully saturated rings. The Kier molecular flexibility index (Phi) is 5.13. The number of halogens is 1. The lowest BCUT2D eigenvalue weighted by Gasteiger charge is -2.25. The summed E-state index contributed by atoms with van der Waals surface area (Å²) in [6.45, 7) is 5.95. The van der Waals surface area contributed by atoms with Crippen LogP contribution in [0.5, 0.6) is 0 Å². The quantitative estimate of drug-likeness (QED) is 0.734. The topological polar surface area (TPSA) is 26.0 Å². The first-order valence-electron chi connectivity index (χ1n) is 6.53. The molecule has 1 rings (SSSR count). The number of hydrogen-bond acceptors (Lipinski definition) is 1. The number of unbranched alkanes of at least 4 members (excludes halogenated alkanes) is 3. The fourth-order valence-corrected chi connectivity index (χ4v) is 2.01. The van der Waals surface area contributed by atoms with Gasteiger partial charge in [0.1, 0.15) is 5.82 Å². The molecule has 1 unspecified atom stereocenters.